The Hall–Kier alpha value is -2.22. The normalized spacial score (nSPS) is 10.1. The van der Waals surface area contributed by atoms with E-state index in [1.54, 1.807) is 6.20 Å². The number of carbonyl (C=O) groups is 1. The first-order valence-electron chi connectivity index (χ1n) is 4.83. The Bertz CT molecular complexity index is 597. The molecule has 0 aliphatic rings. The summed E-state index contributed by atoms with van der Waals surface area (Å²) in [7, 11) is 0. The second kappa shape index (κ2) is 4.96. The maximum absolute atomic E-state index is 11.9. The largest absolute Gasteiger partial charge is 0.331 e. The van der Waals surface area contributed by atoms with Gasteiger partial charge in [-0.1, -0.05) is 6.07 Å². The number of nitro groups is 1. The molecular formula is C10H7BrN4O3. The fraction of sp³-hybridized carbons (Fsp3) is 0. The van der Waals surface area contributed by atoms with Crippen LogP contribution in [0, 0.1) is 10.1 Å². The van der Waals surface area contributed by atoms with Crippen LogP contribution in [0.3, 0.4) is 0 Å². The third-order valence-corrected chi connectivity index (χ3v) is 2.98. The molecular weight excluding hydrogens is 304 g/mol. The molecule has 0 fully saturated rings. The smallest absolute Gasteiger partial charge is 0.284 e. The van der Waals surface area contributed by atoms with Gasteiger partial charge in [-0.25, -0.2) is 4.98 Å². The number of amides is 1. The minimum atomic E-state index is -0.562. The molecule has 0 saturated carbocycles. The van der Waals surface area contributed by atoms with E-state index in [2.05, 4.69) is 31.2 Å². The quantitative estimate of drug-likeness (QED) is 0.671. The number of anilines is 1. The van der Waals surface area contributed by atoms with Gasteiger partial charge in [-0.2, -0.15) is 0 Å². The van der Waals surface area contributed by atoms with Gasteiger partial charge in [0.1, 0.15) is 4.47 Å². The molecule has 0 saturated heterocycles. The summed E-state index contributed by atoms with van der Waals surface area (Å²) in [5.41, 5.74) is 0.00250. The average molecular weight is 311 g/mol. The molecule has 7 nitrogen and oxygen atoms in total. The van der Waals surface area contributed by atoms with Crippen LogP contribution in [0.25, 0.3) is 0 Å². The Labute approximate surface area is 110 Å². The second-order valence-electron chi connectivity index (χ2n) is 3.29. The van der Waals surface area contributed by atoms with Gasteiger partial charge < -0.3 is 4.98 Å². The molecule has 0 aliphatic heterocycles. The topological polar surface area (TPSA) is 101 Å². The zero-order valence-electron chi connectivity index (χ0n) is 8.88. The van der Waals surface area contributed by atoms with Crippen molar-refractivity contribution in [2.75, 3.05) is 5.32 Å². The highest BCUT2D eigenvalue weighted by atomic mass is 79.9. The monoisotopic (exact) mass is 310 g/mol. The molecule has 2 N–H and O–H groups in total. The Morgan fingerprint density at radius 3 is 2.89 bits per heavy atom. The Morgan fingerprint density at radius 2 is 2.28 bits per heavy atom. The number of aromatic amines is 1. The first-order chi connectivity index (χ1) is 8.59. The van der Waals surface area contributed by atoms with Gasteiger partial charge in [0.2, 0.25) is 5.95 Å². The summed E-state index contributed by atoms with van der Waals surface area (Å²) in [6.45, 7) is 0. The van der Waals surface area contributed by atoms with Crippen LogP contribution >= 0.6 is 15.9 Å². The molecule has 0 bridgehead atoms. The first-order valence-corrected chi connectivity index (χ1v) is 5.62. The molecule has 1 aromatic heterocycles. The summed E-state index contributed by atoms with van der Waals surface area (Å²) in [6, 6.07) is 4.24. The van der Waals surface area contributed by atoms with Crippen molar-refractivity contribution in [2.24, 2.45) is 0 Å². The second-order valence-corrected chi connectivity index (χ2v) is 4.08. The number of hydrogen-bond acceptors (Lipinski definition) is 4. The van der Waals surface area contributed by atoms with Gasteiger partial charge in [0.15, 0.2) is 0 Å². The summed E-state index contributed by atoms with van der Waals surface area (Å²) in [5, 5.41) is 13.2. The average Bonchev–Trinajstić information content (AvgIpc) is 2.81. The Balaban J connectivity index is 2.31. The van der Waals surface area contributed by atoms with Crippen LogP contribution in [0.4, 0.5) is 11.6 Å². The van der Waals surface area contributed by atoms with Crippen molar-refractivity contribution in [1.82, 2.24) is 9.97 Å². The van der Waals surface area contributed by atoms with Gasteiger partial charge in [-0.3, -0.25) is 20.2 Å². The zero-order valence-corrected chi connectivity index (χ0v) is 10.5. The lowest BCUT2D eigenvalue weighted by Crippen LogP contribution is -2.14. The third kappa shape index (κ3) is 2.38. The van der Waals surface area contributed by atoms with E-state index in [4.69, 9.17) is 0 Å². The fourth-order valence-corrected chi connectivity index (χ4v) is 1.93. The van der Waals surface area contributed by atoms with E-state index in [0.29, 0.717) is 0 Å². The van der Waals surface area contributed by atoms with Crippen molar-refractivity contribution < 1.29 is 9.72 Å². The summed E-state index contributed by atoms with van der Waals surface area (Å²) in [5.74, 6) is -0.209. The van der Waals surface area contributed by atoms with E-state index in [-0.39, 0.29) is 21.7 Å². The number of carbonyl (C=O) groups excluding carboxylic acids is 1. The molecule has 0 atom stereocenters. The Morgan fingerprint density at radius 1 is 1.50 bits per heavy atom. The van der Waals surface area contributed by atoms with E-state index >= 15 is 0 Å². The van der Waals surface area contributed by atoms with Gasteiger partial charge in [-0.15, -0.1) is 0 Å². The molecule has 1 heterocycles. The van der Waals surface area contributed by atoms with Crippen LogP contribution in [0.15, 0.2) is 35.1 Å². The predicted octanol–water partition coefficient (Wildman–Crippen LogP) is 2.33. The van der Waals surface area contributed by atoms with Gasteiger partial charge >= 0.3 is 0 Å². The number of benzene rings is 1. The molecule has 0 aliphatic carbocycles. The molecule has 8 heteroatoms. The van der Waals surface area contributed by atoms with E-state index in [9.17, 15) is 14.9 Å². The number of halogens is 1. The number of rotatable bonds is 3. The molecule has 1 aromatic carbocycles. The molecule has 18 heavy (non-hydrogen) atoms. The lowest BCUT2D eigenvalue weighted by atomic mass is 10.2. The highest BCUT2D eigenvalue weighted by molar-refractivity contribution is 9.10. The number of nitro benzene ring substituents is 1. The molecule has 0 spiro atoms. The molecule has 1 amide bonds. The molecule has 92 valence electrons. The van der Waals surface area contributed by atoms with Crippen LogP contribution in [0.1, 0.15) is 10.4 Å². The minimum absolute atomic E-state index is 0.138. The van der Waals surface area contributed by atoms with Crippen molar-refractivity contribution in [1.29, 1.82) is 0 Å². The minimum Gasteiger partial charge on any atom is -0.331 e. The maximum Gasteiger partial charge on any atom is 0.284 e. The van der Waals surface area contributed by atoms with Crippen LogP contribution in [-0.4, -0.2) is 20.8 Å². The van der Waals surface area contributed by atoms with E-state index in [0.717, 1.165) is 0 Å². The van der Waals surface area contributed by atoms with Gasteiger partial charge in [0.25, 0.3) is 11.6 Å². The number of nitrogens with one attached hydrogen (secondary N) is 2. The summed E-state index contributed by atoms with van der Waals surface area (Å²) in [4.78, 5) is 28.6. The summed E-state index contributed by atoms with van der Waals surface area (Å²) < 4.78 is 0.138. The van der Waals surface area contributed by atoms with E-state index in [1.807, 2.05) is 0 Å². The van der Waals surface area contributed by atoms with Crippen LogP contribution in [0.5, 0.6) is 0 Å². The standard InChI is InChI=1S/C10H7BrN4O3/c11-8-6(2-1-3-7(8)15(17)18)9(16)14-10-12-4-5-13-10/h1-5H,(H2,12,13,14,16). The number of aromatic nitrogens is 2. The SMILES string of the molecule is O=C(Nc1ncc[nH]1)c1cccc([N+](=O)[O-])c1Br. The van der Waals surface area contributed by atoms with Crippen LogP contribution in [0.2, 0.25) is 0 Å². The van der Waals surface area contributed by atoms with Crippen molar-refractivity contribution in [3.05, 3.63) is 50.7 Å². The first kappa shape index (κ1) is 12.2. The van der Waals surface area contributed by atoms with Gasteiger partial charge in [0, 0.05) is 18.5 Å². The highest BCUT2D eigenvalue weighted by Crippen LogP contribution is 2.28. The van der Waals surface area contributed by atoms with Crippen molar-refractivity contribution in [2.45, 2.75) is 0 Å². The zero-order chi connectivity index (χ0) is 13.1. The van der Waals surface area contributed by atoms with E-state index < -0.39 is 10.8 Å². The van der Waals surface area contributed by atoms with E-state index in [1.165, 1.54) is 24.4 Å². The van der Waals surface area contributed by atoms with Gasteiger partial charge in [0.05, 0.1) is 10.5 Å². The number of H-pyrrole nitrogens is 1. The lowest BCUT2D eigenvalue weighted by Gasteiger charge is -2.04. The van der Waals surface area contributed by atoms with Crippen molar-refractivity contribution in [3.8, 4) is 0 Å². The lowest BCUT2D eigenvalue weighted by molar-refractivity contribution is -0.385. The van der Waals surface area contributed by atoms with Crippen molar-refractivity contribution in [3.63, 3.8) is 0 Å². The summed E-state index contributed by atoms with van der Waals surface area (Å²) in [6.07, 6.45) is 3.04. The molecule has 0 radical (unpaired) electrons. The molecule has 2 rings (SSSR count). The number of nitrogens with zero attached hydrogens (tertiary/aromatic N) is 2. The van der Waals surface area contributed by atoms with Gasteiger partial charge in [-0.05, 0) is 22.0 Å². The molecule has 2 aromatic rings. The Kier molecular flexibility index (Phi) is 3.38. The predicted molar refractivity (Wildman–Crippen MR) is 67.3 cm³/mol. The van der Waals surface area contributed by atoms with Crippen LogP contribution < -0.4 is 5.32 Å². The van der Waals surface area contributed by atoms with Crippen molar-refractivity contribution >= 4 is 33.5 Å². The molecule has 0 unspecified atom stereocenters. The fourth-order valence-electron chi connectivity index (χ4n) is 1.34. The maximum atomic E-state index is 11.9. The van der Waals surface area contributed by atoms with Crippen LogP contribution in [-0.2, 0) is 0 Å². The highest BCUT2D eigenvalue weighted by Gasteiger charge is 2.19. The summed E-state index contributed by atoms with van der Waals surface area (Å²) >= 11 is 3.05. The third-order valence-electron chi connectivity index (χ3n) is 2.15. The number of imidazole rings is 1. The number of hydrogen-bond donors (Lipinski definition) is 2.